The van der Waals surface area contributed by atoms with Gasteiger partial charge in [-0.1, -0.05) is 0 Å². The van der Waals surface area contributed by atoms with Crippen LogP contribution in [-0.4, -0.2) is 36.3 Å². The van der Waals surface area contributed by atoms with Gasteiger partial charge in [-0.15, -0.1) is 0 Å². The van der Waals surface area contributed by atoms with Gasteiger partial charge in [-0.05, 0) is 0 Å². The Morgan fingerprint density at radius 2 is 1.52 bits per heavy atom. The number of methoxy groups -OCH3 is 3. The Morgan fingerprint density at radius 3 is 2.12 bits per heavy atom. The Bertz CT molecular complexity index is 1050. The second-order valence-electron chi connectivity index (χ2n) is 8.42. The van der Waals surface area contributed by atoms with Gasteiger partial charge < -0.3 is 0 Å². The van der Waals surface area contributed by atoms with E-state index in [1.807, 2.05) is 18.2 Å². The molecule has 33 heavy (non-hydrogen) atoms. The molecule has 3 aromatic rings. The fourth-order valence-electron chi connectivity index (χ4n) is 4.86. The van der Waals surface area contributed by atoms with Crippen molar-refractivity contribution in [2.24, 2.45) is 0 Å². The summed E-state index contributed by atoms with van der Waals surface area (Å²) >= 11 is 6.78. The van der Waals surface area contributed by atoms with Crippen LogP contribution in [-0.2, 0) is 4.31 Å². The summed E-state index contributed by atoms with van der Waals surface area (Å²) in [5, 5.41) is 2.06. The van der Waals surface area contributed by atoms with Crippen LogP contribution in [0.15, 0.2) is 66.7 Å². The van der Waals surface area contributed by atoms with Gasteiger partial charge in [-0.2, -0.15) is 0 Å². The topological polar surface area (TPSA) is 27.7 Å². The van der Waals surface area contributed by atoms with Crippen LogP contribution in [0.5, 0.6) is 17.2 Å². The zero-order valence-corrected chi connectivity index (χ0v) is 21.9. The SMILES string of the molecule is COc1cc(OC)c(C(CC2(c3ccccc3)CCCC[Se]2)c2ccc(Cl)cc2)cc1OC. The van der Waals surface area contributed by atoms with Gasteiger partial charge >= 0.3 is 209 Å². The molecule has 0 radical (unpaired) electrons. The molecule has 1 aliphatic heterocycles. The molecule has 0 N–H and O–H groups in total. The molecule has 0 bridgehead atoms. The van der Waals surface area contributed by atoms with Gasteiger partial charge in [-0.3, -0.25) is 0 Å². The quantitative estimate of drug-likeness (QED) is 0.292. The van der Waals surface area contributed by atoms with Gasteiger partial charge in [0.15, 0.2) is 0 Å². The number of hydrogen-bond acceptors (Lipinski definition) is 3. The third-order valence-corrected chi connectivity index (χ3v) is 10.3. The second kappa shape index (κ2) is 10.9. The molecule has 2 unspecified atom stereocenters. The Hall–Kier alpha value is -2.13. The van der Waals surface area contributed by atoms with E-state index in [2.05, 4.69) is 48.5 Å². The third-order valence-electron chi connectivity index (χ3n) is 6.57. The van der Waals surface area contributed by atoms with Crippen LogP contribution < -0.4 is 14.2 Å². The van der Waals surface area contributed by atoms with Crippen LogP contribution in [0.2, 0.25) is 10.3 Å². The summed E-state index contributed by atoms with van der Waals surface area (Å²) in [4.78, 5) is 0. The molecule has 0 aromatic heterocycles. The molecule has 3 aromatic carbocycles. The van der Waals surface area contributed by atoms with Gasteiger partial charge in [0.05, 0.1) is 0 Å². The molecule has 0 saturated carbocycles. The molecule has 1 aliphatic rings. The summed E-state index contributed by atoms with van der Waals surface area (Å²) in [6, 6.07) is 23.4. The molecule has 0 amide bonds. The van der Waals surface area contributed by atoms with E-state index < -0.39 is 0 Å². The fraction of sp³-hybridized carbons (Fsp3) is 0.357. The Kier molecular flexibility index (Phi) is 7.90. The molecule has 2 atom stereocenters. The molecule has 1 fully saturated rings. The van der Waals surface area contributed by atoms with Crippen LogP contribution >= 0.6 is 11.6 Å². The Balaban J connectivity index is 1.87. The molecule has 174 valence electrons. The first-order chi connectivity index (χ1) is 16.1. The summed E-state index contributed by atoms with van der Waals surface area (Å²) in [5.74, 6) is 2.35. The molecule has 1 heterocycles. The van der Waals surface area contributed by atoms with E-state index in [-0.39, 0.29) is 10.2 Å². The van der Waals surface area contributed by atoms with Crippen molar-refractivity contribution in [1.29, 1.82) is 0 Å². The van der Waals surface area contributed by atoms with Crippen LogP contribution in [0.4, 0.5) is 0 Å². The minimum absolute atomic E-state index is 0.136. The van der Waals surface area contributed by atoms with Crippen molar-refractivity contribution in [2.45, 2.75) is 41.2 Å². The number of hydrogen-bond donors (Lipinski definition) is 0. The van der Waals surface area contributed by atoms with Crippen molar-refractivity contribution < 1.29 is 14.2 Å². The van der Waals surface area contributed by atoms with Crippen molar-refractivity contribution in [3.63, 3.8) is 0 Å². The predicted octanol–water partition coefficient (Wildman–Crippen LogP) is 7.09. The maximum atomic E-state index is 6.27. The number of halogens is 1. The molecule has 1 saturated heterocycles. The van der Waals surface area contributed by atoms with Gasteiger partial charge in [0.25, 0.3) is 0 Å². The summed E-state index contributed by atoms with van der Waals surface area (Å²) in [5.41, 5.74) is 3.82. The fourth-order valence-corrected chi connectivity index (χ4v) is 8.37. The first-order valence-corrected chi connectivity index (χ1v) is 13.8. The van der Waals surface area contributed by atoms with Crippen molar-refractivity contribution in [2.75, 3.05) is 21.3 Å². The van der Waals surface area contributed by atoms with E-state index in [0.717, 1.165) is 28.5 Å². The summed E-state index contributed by atoms with van der Waals surface area (Å²) in [6.07, 6.45) is 4.84. The average Bonchev–Trinajstić information content (AvgIpc) is 2.88. The van der Waals surface area contributed by atoms with E-state index in [1.165, 1.54) is 35.7 Å². The number of ether oxygens (including phenoxy) is 3. The zero-order valence-electron chi connectivity index (χ0n) is 19.5. The first kappa shape index (κ1) is 24.0. The standard InChI is InChI=1S/C28H31ClO3Se/c1-30-25-18-27(32-3)26(31-2)17-23(25)24(20-11-13-22(29)14-12-20)19-28(15-7-8-16-33-28)21-9-5-4-6-10-21/h4-6,9-14,17-18,24H,7-8,15-16,19H2,1-3H3. The minimum atomic E-state index is 0.136. The van der Waals surface area contributed by atoms with E-state index in [1.54, 1.807) is 21.3 Å². The van der Waals surface area contributed by atoms with E-state index >= 15 is 0 Å². The molecular formula is C28H31ClO3Se. The Labute approximate surface area is 208 Å². The number of rotatable bonds is 8. The molecule has 0 aliphatic carbocycles. The molecule has 0 spiro atoms. The van der Waals surface area contributed by atoms with Crippen molar-refractivity contribution >= 4 is 26.6 Å². The van der Waals surface area contributed by atoms with Gasteiger partial charge in [0.2, 0.25) is 0 Å². The van der Waals surface area contributed by atoms with Crippen molar-refractivity contribution in [3.8, 4) is 17.2 Å². The predicted molar refractivity (Wildman–Crippen MR) is 137 cm³/mol. The van der Waals surface area contributed by atoms with E-state index in [0.29, 0.717) is 20.7 Å². The molecule has 4 rings (SSSR count). The van der Waals surface area contributed by atoms with Gasteiger partial charge in [-0.25, -0.2) is 0 Å². The van der Waals surface area contributed by atoms with Crippen LogP contribution in [0.1, 0.15) is 48.3 Å². The van der Waals surface area contributed by atoms with Gasteiger partial charge in [0, 0.05) is 0 Å². The third kappa shape index (κ3) is 5.19. The second-order valence-corrected chi connectivity index (χ2v) is 12.0. The van der Waals surface area contributed by atoms with Crippen molar-refractivity contribution in [1.82, 2.24) is 0 Å². The molecular weight excluding hydrogens is 499 g/mol. The van der Waals surface area contributed by atoms with E-state index in [4.69, 9.17) is 25.8 Å². The summed E-state index contributed by atoms with van der Waals surface area (Å²) in [7, 11) is 5.06. The van der Waals surface area contributed by atoms with Crippen LogP contribution in [0.3, 0.4) is 0 Å². The summed E-state index contributed by atoms with van der Waals surface area (Å²) in [6.45, 7) is 0. The van der Waals surface area contributed by atoms with Gasteiger partial charge in [0.1, 0.15) is 0 Å². The van der Waals surface area contributed by atoms with E-state index in [9.17, 15) is 0 Å². The number of benzene rings is 3. The molecule has 5 heteroatoms. The first-order valence-electron chi connectivity index (χ1n) is 11.3. The normalized spacial score (nSPS) is 19.0. The average molecular weight is 530 g/mol. The monoisotopic (exact) mass is 530 g/mol. The maximum absolute atomic E-state index is 6.27. The zero-order chi connectivity index (χ0) is 23.3. The molecule has 3 nitrogen and oxygen atoms in total. The van der Waals surface area contributed by atoms with Crippen molar-refractivity contribution in [3.05, 3.63) is 88.4 Å². The van der Waals surface area contributed by atoms with Crippen LogP contribution in [0, 0.1) is 0 Å². The Morgan fingerprint density at radius 1 is 0.848 bits per heavy atom. The summed E-state index contributed by atoms with van der Waals surface area (Å²) < 4.78 is 17.3. The van der Waals surface area contributed by atoms with Crippen LogP contribution in [0.25, 0.3) is 0 Å².